The van der Waals surface area contributed by atoms with E-state index in [2.05, 4.69) is 51.8 Å². The summed E-state index contributed by atoms with van der Waals surface area (Å²) in [5, 5.41) is 3.26. The number of rotatable bonds is 3. The molecule has 0 unspecified atom stereocenters. The second-order valence-electron chi connectivity index (χ2n) is 8.51. The van der Waals surface area contributed by atoms with Crippen molar-refractivity contribution in [1.82, 2.24) is 10.3 Å². The molecule has 25 heavy (non-hydrogen) atoms. The molecule has 2 rings (SSSR count). The van der Waals surface area contributed by atoms with Gasteiger partial charge in [0.25, 0.3) is 5.91 Å². The zero-order chi connectivity index (χ0) is 18.9. The summed E-state index contributed by atoms with van der Waals surface area (Å²) in [6, 6.07) is 12.2. The number of H-pyrrole nitrogens is 1. The minimum atomic E-state index is -0.770. The van der Waals surface area contributed by atoms with Crippen LogP contribution in [-0.2, 0) is 5.54 Å². The first kappa shape index (κ1) is 19.0. The van der Waals surface area contributed by atoms with Crippen LogP contribution >= 0.6 is 0 Å². The summed E-state index contributed by atoms with van der Waals surface area (Å²) in [7, 11) is 0. The number of carbonyl (C=O) groups is 1. The molecule has 134 valence electrons. The van der Waals surface area contributed by atoms with Crippen molar-refractivity contribution in [1.29, 1.82) is 0 Å². The van der Waals surface area contributed by atoms with Gasteiger partial charge < -0.3 is 10.3 Å². The van der Waals surface area contributed by atoms with Crippen LogP contribution in [0.15, 0.2) is 53.5 Å². The molecular weight excluding hydrogens is 312 g/mol. The number of amides is 1. The third-order valence-electron chi connectivity index (χ3n) is 4.76. The summed E-state index contributed by atoms with van der Waals surface area (Å²) >= 11 is 0. The molecule has 2 N–H and O–H groups in total. The Kier molecular flexibility index (Phi) is 4.94. The van der Waals surface area contributed by atoms with Gasteiger partial charge >= 0.3 is 0 Å². The first-order valence-electron chi connectivity index (χ1n) is 8.56. The van der Waals surface area contributed by atoms with Gasteiger partial charge in [0.1, 0.15) is 0 Å². The molecule has 0 atom stereocenters. The molecule has 0 saturated carbocycles. The van der Waals surface area contributed by atoms with Gasteiger partial charge in [-0.25, -0.2) is 0 Å². The fraction of sp³-hybridized carbons (Fsp3) is 0.429. The van der Waals surface area contributed by atoms with E-state index in [0.29, 0.717) is 11.3 Å². The quantitative estimate of drug-likeness (QED) is 0.884. The average Bonchev–Trinajstić information content (AvgIpc) is 2.50. The Morgan fingerprint density at radius 1 is 0.920 bits per heavy atom. The van der Waals surface area contributed by atoms with E-state index in [1.54, 1.807) is 24.4 Å². The normalized spacial score (nSPS) is 12.7. The summed E-state index contributed by atoms with van der Waals surface area (Å²) in [6.07, 6.45) is 1.64. The van der Waals surface area contributed by atoms with E-state index >= 15 is 0 Å². The summed E-state index contributed by atoms with van der Waals surface area (Å²) in [4.78, 5) is 28.2. The number of hydrogen-bond donors (Lipinski definition) is 2. The van der Waals surface area contributed by atoms with E-state index in [1.807, 2.05) is 18.2 Å². The first-order valence-corrected chi connectivity index (χ1v) is 8.56. The molecule has 0 radical (unpaired) electrons. The van der Waals surface area contributed by atoms with Crippen LogP contribution in [-0.4, -0.2) is 10.9 Å². The molecule has 0 saturated heterocycles. The van der Waals surface area contributed by atoms with Crippen LogP contribution in [0.5, 0.6) is 0 Å². The zero-order valence-corrected chi connectivity index (χ0v) is 15.9. The fourth-order valence-electron chi connectivity index (χ4n) is 3.87. The van der Waals surface area contributed by atoms with Crippen molar-refractivity contribution in [2.45, 2.75) is 47.1 Å². The molecule has 0 bridgehead atoms. The molecule has 0 spiro atoms. The highest BCUT2D eigenvalue weighted by Crippen LogP contribution is 2.50. The van der Waals surface area contributed by atoms with Crippen molar-refractivity contribution in [3.05, 3.63) is 70.1 Å². The van der Waals surface area contributed by atoms with Crippen molar-refractivity contribution < 1.29 is 4.79 Å². The molecule has 0 aliphatic rings. The second-order valence-corrected chi connectivity index (χ2v) is 8.51. The van der Waals surface area contributed by atoms with E-state index in [4.69, 9.17) is 0 Å². The minimum Gasteiger partial charge on any atom is -0.363 e. The van der Waals surface area contributed by atoms with E-state index in [9.17, 15) is 9.59 Å². The van der Waals surface area contributed by atoms with Crippen LogP contribution in [0.1, 0.15) is 57.6 Å². The third kappa shape index (κ3) is 3.53. The van der Waals surface area contributed by atoms with Gasteiger partial charge in [-0.05, 0) is 23.0 Å². The lowest BCUT2D eigenvalue weighted by Crippen LogP contribution is -2.62. The molecular formula is C21H28N2O2. The zero-order valence-electron chi connectivity index (χ0n) is 15.9. The fourth-order valence-corrected chi connectivity index (χ4v) is 3.87. The molecule has 1 aromatic carbocycles. The predicted octanol–water partition coefficient (Wildman–Crippen LogP) is 4.09. The Bertz CT molecular complexity index is 779. The number of hydrogen-bond acceptors (Lipinski definition) is 2. The van der Waals surface area contributed by atoms with E-state index < -0.39 is 5.54 Å². The van der Waals surface area contributed by atoms with Crippen LogP contribution in [0.25, 0.3) is 0 Å². The highest BCUT2D eigenvalue weighted by molar-refractivity contribution is 5.94. The van der Waals surface area contributed by atoms with Crippen LogP contribution in [0.4, 0.5) is 0 Å². The molecule has 1 aromatic heterocycles. The van der Waals surface area contributed by atoms with Gasteiger partial charge in [0.15, 0.2) is 5.43 Å². The predicted molar refractivity (Wildman–Crippen MR) is 102 cm³/mol. The first-order chi connectivity index (χ1) is 11.5. The monoisotopic (exact) mass is 340 g/mol. The lowest BCUT2D eigenvalue weighted by atomic mass is 9.58. The lowest BCUT2D eigenvalue weighted by molar-refractivity contribution is 0.0131. The molecule has 2 aromatic rings. The van der Waals surface area contributed by atoms with Gasteiger partial charge in [-0.15, -0.1) is 0 Å². The highest BCUT2D eigenvalue weighted by Gasteiger charge is 2.53. The Hall–Kier alpha value is -2.36. The van der Waals surface area contributed by atoms with E-state index in [0.717, 1.165) is 0 Å². The molecule has 1 heterocycles. The van der Waals surface area contributed by atoms with E-state index in [1.165, 1.54) is 6.07 Å². The van der Waals surface area contributed by atoms with Gasteiger partial charge in [-0.3, -0.25) is 9.59 Å². The van der Waals surface area contributed by atoms with Crippen LogP contribution in [0.2, 0.25) is 0 Å². The maximum absolute atomic E-state index is 13.0. The summed E-state index contributed by atoms with van der Waals surface area (Å²) in [5.41, 5.74) is -0.239. The molecule has 4 nitrogen and oxygen atoms in total. The standard InChI is InChI=1S/C21H28N2O2/c1-19(2,3)21(20(4,5)6,17-14-16(24)12-13-22-17)23-18(25)15-10-8-7-9-11-15/h7-14H,1-6H3,(H,22,24)(H,23,25). The van der Waals surface area contributed by atoms with Crippen LogP contribution in [0.3, 0.4) is 0 Å². The molecule has 1 amide bonds. The average molecular weight is 340 g/mol. The van der Waals surface area contributed by atoms with Gasteiger partial charge in [-0.1, -0.05) is 59.7 Å². The summed E-state index contributed by atoms with van der Waals surface area (Å²) in [5.74, 6) is -0.157. The van der Waals surface area contributed by atoms with Crippen molar-refractivity contribution >= 4 is 5.91 Å². The van der Waals surface area contributed by atoms with Crippen molar-refractivity contribution in [3.63, 3.8) is 0 Å². The van der Waals surface area contributed by atoms with Crippen LogP contribution in [0, 0.1) is 10.8 Å². The van der Waals surface area contributed by atoms with Gasteiger partial charge in [-0.2, -0.15) is 0 Å². The number of carbonyl (C=O) groups excluding carboxylic acids is 1. The smallest absolute Gasteiger partial charge is 0.252 e. The molecule has 4 heteroatoms. The number of aromatic nitrogens is 1. The van der Waals surface area contributed by atoms with Crippen molar-refractivity contribution in [2.24, 2.45) is 10.8 Å². The Balaban J connectivity index is 2.67. The molecule has 0 aliphatic carbocycles. The Morgan fingerprint density at radius 3 is 1.96 bits per heavy atom. The van der Waals surface area contributed by atoms with Gasteiger partial charge in [0, 0.05) is 29.6 Å². The van der Waals surface area contributed by atoms with E-state index in [-0.39, 0.29) is 22.2 Å². The number of nitrogens with one attached hydrogen (secondary N) is 2. The number of aromatic amines is 1. The largest absolute Gasteiger partial charge is 0.363 e. The summed E-state index contributed by atoms with van der Waals surface area (Å²) in [6.45, 7) is 12.5. The SMILES string of the molecule is CC(C)(C)C(NC(=O)c1ccccc1)(c1cc(=O)cc[nH]1)C(C)(C)C. The second kappa shape index (κ2) is 6.51. The van der Waals surface area contributed by atoms with Crippen LogP contribution < -0.4 is 10.7 Å². The highest BCUT2D eigenvalue weighted by atomic mass is 16.2. The lowest BCUT2D eigenvalue weighted by Gasteiger charge is -2.53. The number of pyridine rings is 1. The maximum Gasteiger partial charge on any atom is 0.252 e. The minimum absolute atomic E-state index is 0.0828. The Labute approximate surface area is 149 Å². The molecule has 0 aliphatic heterocycles. The Morgan fingerprint density at radius 2 is 1.48 bits per heavy atom. The third-order valence-corrected chi connectivity index (χ3v) is 4.76. The van der Waals surface area contributed by atoms with Gasteiger partial charge in [0.2, 0.25) is 0 Å². The van der Waals surface area contributed by atoms with Gasteiger partial charge in [0.05, 0.1) is 5.54 Å². The van der Waals surface area contributed by atoms with Crippen molar-refractivity contribution in [2.75, 3.05) is 0 Å². The molecule has 0 fully saturated rings. The summed E-state index contributed by atoms with van der Waals surface area (Å²) < 4.78 is 0. The van der Waals surface area contributed by atoms with Crippen molar-refractivity contribution in [3.8, 4) is 0 Å². The topological polar surface area (TPSA) is 62.0 Å². The maximum atomic E-state index is 13.0. The number of benzene rings is 1.